The van der Waals surface area contributed by atoms with Gasteiger partial charge >= 0.3 is 0 Å². The van der Waals surface area contributed by atoms with Gasteiger partial charge in [-0.1, -0.05) is 35.9 Å². The Kier molecular flexibility index (Phi) is 5.14. The Morgan fingerprint density at radius 3 is 2.46 bits per heavy atom. The third-order valence-corrected chi connectivity index (χ3v) is 6.17. The van der Waals surface area contributed by atoms with Gasteiger partial charge in [0.2, 0.25) is 5.91 Å². The second-order valence-electron chi connectivity index (χ2n) is 7.06. The van der Waals surface area contributed by atoms with E-state index in [1.54, 1.807) is 11.8 Å². The van der Waals surface area contributed by atoms with Gasteiger partial charge < -0.3 is 9.88 Å². The van der Waals surface area contributed by atoms with Crippen molar-refractivity contribution in [1.29, 1.82) is 0 Å². The number of aromatic nitrogens is 1. The molecule has 1 aromatic heterocycles. The second-order valence-corrected chi connectivity index (χ2v) is 8.47. The third-order valence-electron chi connectivity index (χ3n) is 5.06. The summed E-state index contributed by atoms with van der Waals surface area (Å²) in [5, 5.41) is 5.31. The molecule has 1 amide bonds. The largest absolute Gasteiger partial charge is 0.341 e. The smallest absolute Gasteiger partial charge is 0.237 e. The van der Waals surface area contributed by atoms with E-state index in [0.29, 0.717) is 0 Å². The molecule has 0 saturated carbocycles. The highest BCUT2D eigenvalue weighted by molar-refractivity contribution is 8.00. The zero-order valence-electron chi connectivity index (χ0n) is 16.4. The molecule has 0 aliphatic rings. The SMILES string of the molecule is CCn1c2ccccc2c2cc(NC(=O)[C@@H](C)Sc3ccc(C)cc3)ccc21. The van der Waals surface area contributed by atoms with Gasteiger partial charge in [0.1, 0.15) is 0 Å². The number of thioether (sulfide) groups is 1. The molecule has 3 nitrogen and oxygen atoms in total. The number of hydrogen-bond acceptors (Lipinski definition) is 2. The van der Waals surface area contributed by atoms with Gasteiger partial charge in [-0.3, -0.25) is 4.79 Å². The molecular formula is C24H24N2OS. The molecule has 142 valence electrons. The van der Waals surface area contributed by atoms with Gasteiger partial charge in [-0.15, -0.1) is 11.8 Å². The Balaban J connectivity index is 1.58. The molecule has 0 spiro atoms. The topological polar surface area (TPSA) is 34.0 Å². The lowest BCUT2D eigenvalue weighted by Crippen LogP contribution is -2.22. The Morgan fingerprint density at radius 1 is 1.00 bits per heavy atom. The van der Waals surface area contributed by atoms with Crippen LogP contribution in [0, 0.1) is 6.92 Å². The zero-order valence-corrected chi connectivity index (χ0v) is 17.2. The van der Waals surface area contributed by atoms with Crippen LogP contribution in [-0.2, 0) is 11.3 Å². The molecule has 0 radical (unpaired) electrons. The summed E-state index contributed by atoms with van der Waals surface area (Å²) in [6.45, 7) is 7.09. The first kappa shape index (κ1) is 18.6. The maximum atomic E-state index is 12.7. The lowest BCUT2D eigenvalue weighted by Gasteiger charge is -2.12. The summed E-state index contributed by atoms with van der Waals surface area (Å²) in [5.74, 6) is 0.0177. The molecule has 28 heavy (non-hydrogen) atoms. The average Bonchev–Trinajstić information content (AvgIpc) is 3.02. The summed E-state index contributed by atoms with van der Waals surface area (Å²) >= 11 is 1.58. The standard InChI is InChI=1S/C24H24N2OS/c1-4-26-22-8-6-5-7-20(22)21-15-18(11-14-23(21)26)25-24(27)17(3)28-19-12-9-16(2)10-13-19/h5-15,17H,4H2,1-3H3,(H,25,27)/t17-/m1/s1. The molecule has 3 aromatic carbocycles. The van der Waals surface area contributed by atoms with Crippen molar-refractivity contribution in [2.45, 2.75) is 37.5 Å². The van der Waals surface area contributed by atoms with Crippen molar-refractivity contribution in [2.75, 3.05) is 5.32 Å². The van der Waals surface area contributed by atoms with Crippen LogP contribution in [-0.4, -0.2) is 15.7 Å². The molecule has 0 aliphatic carbocycles. The lowest BCUT2D eigenvalue weighted by molar-refractivity contribution is -0.115. The Bertz CT molecular complexity index is 1140. The first-order valence-corrected chi connectivity index (χ1v) is 10.5. The number of carbonyl (C=O) groups excluding carboxylic acids is 1. The van der Waals surface area contributed by atoms with E-state index < -0.39 is 0 Å². The highest BCUT2D eigenvalue weighted by atomic mass is 32.2. The average molecular weight is 389 g/mol. The van der Waals surface area contributed by atoms with E-state index in [1.165, 1.54) is 27.4 Å². The molecule has 0 fully saturated rings. The molecule has 1 N–H and O–H groups in total. The van der Waals surface area contributed by atoms with E-state index in [-0.39, 0.29) is 11.2 Å². The number of aryl methyl sites for hydroxylation is 2. The summed E-state index contributed by atoms with van der Waals surface area (Å²) in [5.41, 5.74) is 4.49. The number of rotatable bonds is 5. The van der Waals surface area contributed by atoms with Crippen molar-refractivity contribution in [2.24, 2.45) is 0 Å². The fourth-order valence-corrected chi connectivity index (χ4v) is 4.46. The maximum absolute atomic E-state index is 12.7. The van der Waals surface area contributed by atoms with Crippen LogP contribution in [0.2, 0.25) is 0 Å². The summed E-state index contributed by atoms with van der Waals surface area (Å²) in [6.07, 6.45) is 0. The molecule has 4 aromatic rings. The van der Waals surface area contributed by atoms with Gasteiger partial charge in [-0.05, 0) is 57.2 Å². The highest BCUT2D eigenvalue weighted by Crippen LogP contribution is 2.31. The van der Waals surface area contributed by atoms with E-state index >= 15 is 0 Å². The number of nitrogens with zero attached hydrogens (tertiary/aromatic N) is 1. The minimum atomic E-state index is -0.171. The zero-order chi connectivity index (χ0) is 19.7. The van der Waals surface area contributed by atoms with Crippen molar-refractivity contribution < 1.29 is 4.79 Å². The molecule has 0 aliphatic heterocycles. The Hall–Kier alpha value is -2.72. The summed E-state index contributed by atoms with van der Waals surface area (Å²) in [7, 11) is 0. The predicted molar refractivity (Wildman–Crippen MR) is 120 cm³/mol. The van der Waals surface area contributed by atoms with Crippen LogP contribution in [0.15, 0.2) is 71.6 Å². The second kappa shape index (κ2) is 7.72. The molecule has 0 saturated heterocycles. The van der Waals surface area contributed by atoms with Crippen molar-refractivity contribution in [3.63, 3.8) is 0 Å². The van der Waals surface area contributed by atoms with Gasteiger partial charge in [0.05, 0.1) is 5.25 Å². The minimum absolute atomic E-state index is 0.0177. The van der Waals surface area contributed by atoms with Crippen LogP contribution < -0.4 is 5.32 Å². The van der Waals surface area contributed by atoms with Crippen LogP contribution in [0.25, 0.3) is 21.8 Å². The monoisotopic (exact) mass is 388 g/mol. The summed E-state index contributed by atoms with van der Waals surface area (Å²) < 4.78 is 2.31. The molecule has 4 rings (SSSR count). The molecule has 1 heterocycles. The number of nitrogens with one attached hydrogen (secondary N) is 1. The Morgan fingerprint density at radius 2 is 1.71 bits per heavy atom. The van der Waals surface area contributed by atoms with Crippen LogP contribution >= 0.6 is 11.8 Å². The molecule has 4 heteroatoms. The quantitative estimate of drug-likeness (QED) is 0.411. The van der Waals surface area contributed by atoms with Crippen LogP contribution in [0.5, 0.6) is 0 Å². The first-order chi connectivity index (χ1) is 13.6. The Labute approximate surface area is 169 Å². The van der Waals surface area contributed by atoms with Crippen molar-refractivity contribution in [1.82, 2.24) is 4.57 Å². The van der Waals surface area contributed by atoms with E-state index in [4.69, 9.17) is 0 Å². The van der Waals surface area contributed by atoms with Gasteiger partial charge in [-0.25, -0.2) is 0 Å². The number of benzene rings is 3. The summed E-state index contributed by atoms with van der Waals surface area (Å²) in [4.78, 5) is 13.8. The lowest BCUT2D eigenvalue weighted by atomic mass is 10.1. The van der Waals surface area contributed by atoms with Gasteiger partial charge in [0, 0.05) is 38.9 Å². The molecule has 0 unspecified atom stereocenters. The minimum Gasteiger partial charge on any atom is -0.341 e. The van der Waals surface area contributed by atoms with E-state index in [9.17, 15) is 4.79 Å². The number of carbonyl (C=O) groups is 1. The fourth-order valence-electron chi connectivity index (χ4n) is 3.59. The number of hydrogen-bond donors (Lipinski definition) is 1. The van der Waals surface area contributed by atoms with Crippen molar-refractivity contribution >= 4 is 45.2 Å². The maximum Gasteiger partial charge on any atom is 0.237 e. The first-order valence-electron chi connectivity index (χ1n) is 9.62. The normalized spacial score (nSPS) is 12.4. The van der Waals surface area contributed by atoms with Crippen LogP contribution in [0.3, 0.4) is 0 Å². The van der Waals surface area contributed by atoms with Gasteiger partial charge in [0.15, 0.2) is 0 Å². The van der Waals surface area contributed by atoms with Crippen molar-refractivity contribution in [3.8, 4) is 0 Å². The molecule has 1 atom stereocenters. The predicted octanol–water partition coefficient (Wildman–Crippen LogP) is 6.24. The van der Waals surface area contributed by atoms with E-state index in [1.807, 2.05) is 13.0 Å². The van der Waals surface area contributed by atoms with Gasteiger partial charge in [0.25, 0.3) is 0 Å². The van der Waals surface area contributed by atoms with Crippen molar-refractivity contribution in [3.05, 3.63) is 72.3 Å². The molecular weight excluding hydrogens is 364 g/mol. The van der Waals surface area contributed by atoms with Gasteiger partial charge in [-0.2, -0.15) is 0 Å². The fraction of sp³-hybridized carbons (Fsp3) is 0.208. The van der Waals surface area contributed by atoms with E-state index in [0.717, 1.165) is 17.1 Å². The number of para-hydroxylation sites is 1. The summed E-state index contributed by atoms with van der Waals surface area (Å²) in [6, 6.07) is 22.9. The van der Waals surface area contributed by atoms with Crippen LogP contribution in [0.4, 0.5) is 5.69 Å². The molecule has 0 bridgehead atoms. The number of fused-ring (bicyclic) bond motifs is 3. The van der Waals surface area contributed by atoms with Crippen LogP contribution in [0.1, 0.15) is 19.4 Å². The number of amides is 1. The highest BCUT2D eigenvalue weighted by Gasteiger charge is 2.16. The third kappa shape index (κ3) is 3.52. The number of anilines is 1. The van der Waals surface area contributed by atoms with E-state index in [2.05, 4.69) is 84.4 Å².